The van der Waals surface area contributed by atoms with Gasteiger partial charge in [0.2, 0.25) is 17.7 Å². The van der Waals surface area contributed by atoms with Gasteiger partial charge in [-0.15, -0.1) is 0 Å². The number of aliphatic hydroxyl groups excluding tert-OH is 1. The Morgan fingerprint density at radius 3 is 2.29 bits per heavy atom. The number of carbonyl (C=O) groups excluding carboxylic acids is 6. The van der Waals surface area contributed by atoms with Gasteiger partial charge in [0.25, 0.3) is 0 Å². The van der Waals surface area contributed by atoms with E-state index in [9.17, 15) is 33.9 Å². The Hall–Kier alpha value is -2.66. The normalized spacial score (nSPS) is 19.3. The molecule has 1 saturated heterocycles. The topological polar surface area (TPSA) is 185 Å². The minimum atomic E-state index is -1.03. The van der Waals surface area contributed by atoms with E-state index in [1.807, 2.05) is 13.8 Å². The highest BCUT2D eigenvalue weighted by atomic mass is 16.3. The first kappa shape index (κ1) is 29.4. The van der Waals surface area contributed by atoms with Gasteiger partial charge in [-0.1, -0.05) is 13.8 Å². The van der Waals surface area contributed by atoms with Crippen LogP contribution in [-0.4, -0.2) is 71.5 Å². The number of amides is 3. The van der Waals surface area contributed by atoms with Crippen molar-refractivity contribution in [2.75, 3.05) is 13.1 Å². The van der Waals surface area contributed by atoms with Crippen LogP contribution >= 0.6 is 0 Å². The van der Waals surface area contributed by atoms with E-state index in [4.69, 9.17) is 5.73 Å². The van der Waals surface area contributed by atoms with Crippen molar-refractivity contribution in [2.24, 2.45) is 17.6 Å². The molecule has 34 heavy (non-hydrogen) atoms. The van der Waals surface area contributed by atoms with Crippen LogP contribution in [0.25, 0.3) is 0 Å². The predicted molar refractivity (Wildman–Crippen MR) is 123 cm³/mol. The number of primary amides is 1. The molecule has 11 heteroatoms. The van der Waals surface area contributed by atoms with Gasteiger partial charge in [0.05, 0.1) is 24.7 Å². The lowest BCUT2D eigenvalue weighted by molar-refractivity contribution is -0.133. The molecule has 0 aromatic heterocycles. The molecule has 1 fully saturated rings. The SMILES string of the molecule is CC(=O)CNC(=O)[C@H](CC(=O)[C@@H](CCC(N)=O)NC(=O)CCC(=O)[C@H]1C[C@H](O)CN1)CC(C)C. The number of hydrogen-bond acceptors (Lipinski definition) is 8. The molecule has 0 aromatic carbocycles. The van der Waals surface area contributed by atoms with Gasteiger partial charge in [0, 0.05) is 38.1 Å². The average molecular weight is 483 g/mol. The van der Waals surface area contributed by atoms with Crippen molar-refractivity contribution in [1.82, 2.24) is 16.0 Å². The molecule has 0 radical (unpaired) electrons. The van der Waals surface area contributed by atoms with Gasteiger partial charge in [-0.05, 0) is 32.1 Å². The van der Waals surface area contributed by atoms with Crippen LogP contribution in [0.3, 0.4) is 0 Å². The largest absolute Gasteiger partial charge is 0.392 e. The summed E-state index contributed by atoms with van der Waals surface area (Å²) in [5.74, 6) is -3.02. The van der Waals surface area contributed by atoms with Crippen molar-refractivity contribution in [3.8, 4) is 0 Å². The zero-order valence-electron chi connectivity index (χ0n) is 20.2. The fraction of sp³-hybridized carbons (Fsp3) is 0.739. The second kappa shape index (κ2) is 14.6. The number of aliphatic hydroxyl groups is 1. The molecular weight excluding hydrogens is 444 g/mol. The van der Waals surface area contributed by atoms with Gasteiger partial charge < -0.3 is 26.8 Å². The quantitative estimate of drug-likeness (QED) is 0.188. The van der Waals surface area contributed by atoms with Gasteiger partial charge in [-0.2, -0.15) is 0 Å². The summed E-state index contributed by atoms with van der Waals surface area (Å²) in [5.41, 5.74) is 5.20. The molecule has 1 rings (SSSR count). The fourth-order valence-corrected chi connectivity index (χ4v) is 3.83. The van der Waals surface area contributed by atoms with Crippen molar-refractivity contribution in [1.29, 1.82) is 0 Å². The van der Waals surface area contributed by atoms with E-state index < -0.39 is 47.6 Å². The third kappa shape index (κ3) is 11.5. The number of nitrogens with two attached hydrogens (primary N) is 1. The van der Waals surface area contributed by atoms with Crippen LogP contribution in [0, 0.1) is 11.8 Å². The summed E-state index contributed by atoms with van der Waals surface area (Å²) < 4.78 is 0. The van der Waals surface area contributed by atoms with Crippen molar-refractivity contribution < 1.29 is 33.9 Å². The molecule has 0 saturated carbocycles. The van der Waals surface area contributed by atoms with Crippen molar-refractivity contribution >= 4 is 35.1 Å². The van der Waals surface area contributed by atoms with Crippen LogP contribution in [0.1, 0.15) is 65.7 Å². The Morgan fingerprint density at radius 1 is 1.09 bits per heavy atom. The molecule has 6 N–H and O–H groups in total. The highest BCUT2D eigenvalue weighted by Gasteiger charge is 2.30. The van der Waals surface area contributed by atoms with Gasteiger partial charge in [0.15, 0.2) is 5.78 Å². The van der Waals surface area contributed by atoms with Gasteiger partial charge in [-0.3, -0.25) is 28.8 Å². The third-order valence-electron chi connectivity index (χ3n) is 5.58. The maximum atomic E-state index is 13.0. The smallest absolute Gasteiger partial charge is 0.223 e. The van der Waals surface area contributed by atoms with E-state index in [1.54, 1.807) is 0 Å². The number of rotatable bonds is 16. The first-order valence-corrected chi connectivity index (χ1v) is 11.7. The van der Waals surface area contributed by atoms with E-state index in [-0.39, 0.29) is 56.1 Å². The van der Waals surface area contributed by atoms with E-state index in [1.165, 1.54) is 6.92 Å². The predicted octanol–water partition coefficient (Wildman–Crippen LogP) is -0.864. The van der Waals surface area contributed by atoms with Crippen LogP contribution < -0.4 is 21.7 Å². The summed E-state index contributed by atoms with van der Waals surface area (Å²) in [4.78, 5) is 72.6. The number of nitrogens with one attached hydrogen (secondary N) is 3. The van der Waals surface area contributed by atoms with Gasteiger partial charge >= 0.3 is 0 Å². The molecule has 0 unspecified atom stereocenters. The van der Waals surface area contributed by atoms with Crippen LogP contribution in [-0.2, 0) is 28.8 Å². The summed E-state index contributed by atoms with van der Waals surface area (Å²) in [6.45, 7) is 5.33. The number of β-amino-alcohol motifs (C(OH)–C–C–N with tert-alkyl or cyclic N) is 1. The standard InChI is InChI=1S/C23H38N4O7/c1-13(2)8-15(23(34)26-11-14(3)28)9-20(31)17(4-6-21(24)32)27-22(33)7-5-19(30)18-10-16(29)12-25-18/h13,15-18,25,29H,4-12H2,1-3H3,(H2,24,32)(H,26,34)(H,27,33)/t15-,16-,17+,18+/m0/s1. The maximum absolute atomic E-state index is 13.0. The van der Waals surface area contributed by atoms with Crippen molar-refractivity contribution in [3.63, 3.8) is 0 Å². The van der Waals surface area contributed by atoms with Crippen LogP contribution in [0.5, 0.6) is 0 Å². The maximum Gasteiger partial charge on any atom is 0.223 e. The lowest BCUT2D eigenvalue weighted by Crippen LogP contribution is -2.44. The minimum absolute atomic E-state index is 0.0201. The van der Waals surface area contributed by atoms with Gasteiger partial charge in [-0.25, -0.2) is 0 Å². The summed E-state index contributed by atoms with van der Waals surface area (Å²) in [6.07, 6.45) is -0.431. The molecular formula is C23H38N4O7. The molecule has 0 aromatic rings. The molecule has 0 bridgehead atoms. The third-order valence-corrected chi connectivity index (χ3v) is 5.58. The summed E-state index contributed by atoms with van der Waals surface area (Å²) in [7, 11) is 0. The molecule has 3 amide bonds. The van der Waals surface area contributed by atoms with E-state index >= 15 is 0 Å². The molecule has 0 aliphatic carbocycles. The summed E-state index contributed by atoms with van der Waals surface area (Å²) in [6, 6.07) is -1.53. The highest BCUT2D eigenvalue weighted by molar-refractivity contribution is 5.94. The molecule has 11 nitrogen and oxygen atoms in total. The zero-order chi connectivity index (χ0) is 25.8. The average Bonchev–Trinajstić information content (AvgIpc) is 3.18. The molecule has 192 valence electrons. The second-order valence-corrected chi connectivity index (χ2v) is 9.36. The minimum Gasteiger partial charge on any atom is -0.392 e. The first-order chi connectivity index (χ1) is 15.9. The molecule has 1 heterocycles. The Labute approximate surface area is 200 Å². The molecule has 0 spiro atoms. The lowest BCUT2D eigenvalue weighted by atomic mass is 9.88. The van der Waals surface area contributed by atoms with E-state index in [2.05, 4.69) is 16.0 Å². The van der Waals surface area contributed by atoms with E-state index in [0.29, 0.717) is 19.4 Å². The highest BCUT2D eigenvalue weighted by Crippen LogP contribution is 2.18. The first-order valence-electron chi connectivity index (χ1n) is 11.7. The summed E-state index contributed by atoms with van der Waals surface area (Å²) in [5, 5.41) is 17.5. The number of Topliss-reactive ketones (excluding diaryl/α,β-unsaturated/α-hetero) is 3. The van der Waals surface area contributed by atoms with Gasteiger partial charge in [0.1, 0.15) is 11.6 Å². The van der Waals surface area contributed by atoms with Crippen LogP contribution in [0.15, 0.2) is 0 Å². The fourth-order valence-electron chi connectivity index (χ4n) is 3.83. The molecule has 4 atom stereocenters. The van der Waals surface area contributed by atoms with E-state index in [0.717, 1.165) is 0 Å². The summed E-state index contributed by atoms with van der Waals surface area (Å²) >= 11 is 0. The second-order valence-electron chi connectivity index (χ2n) is 9.36. The van der Waals surface area contributed by atoms with Crippen molar-refractivity contribution in [2.45, 2.75) is 83.9 Å². The Morgan fingerprint density at radius 2 is 1.76 bits per heavy atom. The zero-order valence-corrected chi connectivity index (χ0v) is 20.2. The lowest BCUT2D eigenvalue weighted by Gasteiger charge is -2.22. The van der Waals surface area contributed by atoms with Crippen LogP contribution in [0.2, 0.25) is 0 Å². The number of carbonyl (C=O) groups is 6. The number of hydrogen-bond donors (Lipinski definition) is 5. The van der Waals surface area contributed by atoms with Crippen molar-refractivity contribution in [3.05, 3.63) is 0 Å². The molecule has 1 aliphatic heterocycles. The monoisotopic (exact) mass is 482 g/mol. The molecule has 1 aliphatic rings. The Balaban J connectivity index is 2.76. The Kier molecular flexibility index (Phi) is 12.6. The number of ketones is 3. The van der Waals surface area contributed by atoms with Crippen LogP contribution in [0.4, 0.5) is 0 Å². The Bertz CT molecular complexity index is 768.